The third-order valence-corrected chi connectivity index (χ3v) is 8.19. The zero-order valence-electron chi connectivity index (χ0n) is 22.0. The summed E-state index contributed by atoms with van der Waals surface area (Å²) in [7, 11) is 2.07. The van der Waals surface area contributed by atoms with Crippen LogP contribution in [0.3, 0.4) is 0 Å². The summed E-state index contributed by atoms with van der Waals surface area (Å²) in [6, 6.07) is 6.94. The maximum absolute atomic E-state index is 15.7. The number of aromatic nitrogens is 4. The van der Waals surface area contributed by atoms with Crippen LogP contribution in [0.15, 0.2) is 49.2 Å². The first kappa shape index (κ1) is 26.4. The number of hydrogen-bond donors (Lipinski definition) is 1. The van der Waals surface area contributed by atoms with Gasteiger partial charge >= 0.3 is 0 Å². The molecule has 0 atom stereocenters. The molecule has 1 saturated heterocycles. The molecule has 0 unspecified atom stereocenters. The maximum Gasteiger partial charge on any atom is 0.174 e. The Bertz CT molecular complexity index is 1390. The predicted octanol–water partition coefficient (Wildman–Crippen LogP) is 6.15. The highest BCUT2D eigenvalue weighted by atomic mass is 32.2. The molecule has 0 spiro atoms. The lowest BCUT2D eigenvalue weighted by Crippen LogP contribution is -2.43. The lowest BCUT2D eigenvalue weighted by Gasteiger charge is -2.36. The second-order valence-electron chi connectivity index (χ2n) is 9.56. The molecule has 1 aliphatic heterocycles. The monoisotopic (exact) mass is 537 g/mol. The van der Waals surface area contributed by atoms with E-state index < -0.39 is 11.6 Å². The van der Waals surface area contributed by atoms with Crippen LogP contribution in [0.1, 0.15) is 33.1 Å². The number of fused-ring (bicyclic) bond motifs is 1. The Morgan fingerprint density at radius 2 is 1.84 bits per heavy atom. The van der Waals surface area contributed by atoms with Crippen LogP contribution in [0.4, 0.5) is 20.3 Å². The number of piperidine rings is 1. The Morgan fingerprint density at radius 1 is 1.08 bits per heavy atom. The molecule has 200 valence electrons. The number of benzene rings is 1. The quantitative estimate of drug-likeness (QED) is 0.203. The molecule has 38 heavy (non-hydrogen) atoms. The summed E-state index contributed by atoms with van der Waals surface area (Å²) in [5, 5.41) is 0. The highest BCUT2D eigenvalue weighted by molar-refractivity contribution is 8.00. The topological polar surface area (TPSA) is 62.1 Å². The molecule has 5 rings (SSSR count). The van der Waals surface area contributed by atoms with E-state index >= 15 is 8.78 Å². The van der Waals surface area contributed by atoms with Crippen LogP contribution in [-0.4, -0.2) is 62.9 Å². The second-order valence-corrected chi connectivity index (χ2v) is 10.5. The summed E-state index contributed by atoms with van der Waals surface area (Å²) in [4.78, 5) is 18.0. The summed E-state index contributed by atoms with van der Waals surface area (Å²) in [6.45, 7) is 7.44. The van der Waals surface area contributed by atoms with Crippen LogP contribution in [0.5, 0.6) is 0 Å². The average molecular weight is 538 g/mol. The minimum Gasteiger partial charge on any atom is -0.357 e. The van der Waals surface area contributed by atoms with Crippen LogP contribution >= 0.6 is 11.9 Å². The lowest BCUT2D eigenvalue weighted by molar-refractivity contribution is 0.220. The summed E-state index contributed by atoms with van der Waals surface area (Å²) in [5.41, 5.74) is 2.80. The van der Waals surface area contributed by atoms with Gasteiger partial charge in [0.15, 0.2) is 5.82 Å². The van der Waals surface area contributed by atoms with Crippen molar-refractivity contribution in [3.05, 3.63) is 60.8 Å². The molecule has 0 amide bonds. The molecule has 7 nitrogen and oxygen atoms in total. The van der Waals surface area contributed by atoms with Gasteiger partial charge in [-0.1, -0.05) is 25.8 Å². The van der Waals surface area contributed by atoms with Crippen LogP contribution in [0, 0.1) is 11.6 Å². The first-order valence-corrected chi connectivity index (χ1v) is 14.1. The highest BCUT2D eigenvalue weighted by Gasteiger charge is 2.25. The molecule has 0 saturated carbocycles. The Labute approximate surface area is 226 Å². The van der Waals surface area contributed by atoms with E-state index in [4.69, 9.17) is 4.98 Å². The minimum atomic E-state index is -0.648. The van der Waals surface area contributed by atoms with E-state index in [0.717, 1.165) is 56.0 Å². The van der Waals surface area contributed by atoms with Gasteiger partial charge in [-0.15, -0.1) is 0 Å². The lowest BCUT2D eigenvalue weighted by atomic mass is 10.0. The zero-order chi connectivity index (χ0) is 26.6. The van der Waals surface area contributed by atoms with Crippen molar-refractivity contribution in [2.24, 2.45) is 0 Å². The van der Waals surface area contributed by atoms with Crippen molar-refractivity contribution in [3.63, 3.8) is 0 Å². The largest absolute Gasteiger partial charge is 0.357 e. The van der Waals surface area contributed by atoms with Gasteiger partial charge in [-0.25, -0.2) is 23.7 Å². The molecule has 1 aromatic carbocycles. The van der Waals surface area contributed by atoms with Gasteiger partial charge in [0.2, 0.25) is 0 Å². The molecule has 0 radical (unpaired) electrons. The Morgan fingerprint density at radius 3 is 2.55 bits per heavy atom. The number of hydrogen-bond acceptors (Lipinski definition) is 7. The first-order valence-electron chi connectivity index (χ1n) is 13.1. The molecule has 10 heteroatoms. The summed E-state index contributed by atoms with van der Waals surface area (Å²) in [6.07, 6.45) is 9.64. The van der Waals surface area contributed by atoms with Gasteiger partial charge in [0, 0.05) is 61.6 Å². The van der Waals surface area contributed by atoms with Crippen LogP contribution in [0.2, 0.25) is 0 Å². The molecule has 1 fully saturated rings. The number of halogens is 2. The molecule has 1 N–H and O–H groups in total. The van der Waals surface area contributed by atoms with Gasteiger partial charge in [-0.05, 0) is 50.1 Å². The van der Waals surface area contributed by atoms with Crippen LogP contribution < -0.4 is 9.62 Å². The Hall–Kier alpha value is -3.24. The smallest absolute Gasteiger partial charge is 0.174 e. The van der Waals surface area contributed by atoms with Crippen molar-refractivity contribution >= 4 is 34.5 Å². The van der Waals surface area contributed by atoms with E-state index in [1.165, 1.54) is 30.4 Å². The summed E-state index contributed by atoms with van der Waals surface area (Å²) in [5.74, 6) is 0.347. The van der Waals surface area contributed by atoms with Crippen molar-refractivity contribution in [1.82, 2.24) is 24.4 Å². The number of nitrogens with one attached hydrogen (secondary N) is 1. The van der Waals surface area contributed by atoms with E-state index in [2.05, 4.69) is 45.4 Å². The molecule has 0 bridgehead atoms. The van der Waals surface area contributed by atoms with Crippen LogP contribution in [0.25, 0.3) is 27.8 Å². The fourth-order valence-corrected chi connectivity index (χ4v) is 5.63. The third kappa shape index (κ3) is 5.19. The number of likely N-dealkylation sites (tertiary alicyclic amines) is 1. The van der Waals surface area contributed by atoms with Crippen molar-refractivity contribution in [1.29, 1.82) is 0 Å². The molecule has 4 aromatic rings. The summed E-state index contributed by atoms with van der Waals surface area (Å²) < 4.78 is 35.5. The van der Waals surface area contributed by atoms with E-state index in [1.54, 1.807) is 23.2 Å². The predicted molar refractivity (Wildman–Crippen MR) is 152 cm³/mol. The van der Waals surface area contributed by atoms with E-state index in [1.807, 2.05) is 12.1 Å². The van der Waals surface area contributed by atoms with Crippen molar-refractivity contribution in [2.75, 3.05) is 42.1 Å². The number of nitrogens with zero attached hydrogens (tertiary/aromatic N) is 6. The number of pyridine rings is 1. The zero-order valence-corrected chi connectivity index (χ0v) is 22.8. The van der Waals surface area contributed by atoms with Crippen LogP contribution in [-0.2, 0) is 0 Å². The molecular formula is C28H33F2N7S. The molecule has 0 aliphatic carbocycles. The standard InChI is InChI=1S/C28H33F2N7S/c1-4-14-38-34-23-7-6-22(29)28(26(23)30)37-17-21(19-15-31-18-32-16-19)27-24(37)8-9-25(33-27)35(3)20-10-12-36(5-2)13-11-20/h6-9,15-18,20,34H,4-5,10-14H2,1-3H3. The molecule has 4 heterocycles. The molecule has 1 aliphatic rings. The Kier molecular flexibility index (Phi) is 8.09. The SMILES string of the molecule is CCCSNc1ccc(F)c(-n2cc(-c3cncnc3)c3nc(N(C)C4CCN(CC)CC4)ccc32)c1F. The van der Waals surface area contributed by atoms with Crippen molar-refractivity contribution in [3.8, 4) is 16.8 Å². The van der Waals surface area contributed by atoms with Gasteiger partial charge in [0.25, 0.3) is 0 Å². The van der Waals surface area contributed by atoms with Crippen molar-refractivity contribution in [2.45, 2.75) is 39.2 Å². The molecule has 3 aromatic heterocycles. The fourth-order valence-electron chi connectivity index (χ4n) is 5.01. The normalized spacial score (nSPS) is 14.8. The summed E-state index contributed by atoms with van der Waals surface area (Å²) >= 11 is 1.40. The molecular weight excluding hydrogens is 504 g/mol. The van der Waals surface area contributed by atoms with E-state index in [-0.39, 0.29) is 11.4 Å². The van der Waals surface area contributed by atoms with E-state index in [9.17, 15) is 0 Å². The highest BCUT2D eigenvalue weighted by Crippen LogP contribution is 2.36. The van der Waals surface area contributed by atoms with Gasteiger partial charge in [-0.2, -0.15) is 0 Å². The second kappa shape index (κ2) is 11.7. The number of rotatable bonds is 9. The average Bonchev–Trinajstić information content (AvgIpc) is 3.33. The van der Waals surface area contributed by atoms with Gasteiger partial charge in [0.05, 0.1) is 16.7 Å². The van der Waals surface area contributed by atoms with E-state index in [0.29, 0.717) is 22.6 Å². The fraction of sp³-hybridized carbons (Fsp3) is 0.393. The van der Waals surface area contributed by atoms with Gasteiger partial charge in [-0.3, -0.25) is 0 Å². The van der Waals surface area contributed by atoms with Gasteiger partial charge in [0.1, 0.15) is 23.6 Å². The Balaban J connectivity index is 1.59. The maximum atomic E-state index is 15.7. The first-order chi connectivity index (χ1) is 18.5. The minimum absolute atomic E-state index is 0.143. The van der Waals surface area contributed by atoms with Gasteiger partial charge < -0.3 is 19.1 Å². The number of anilines is 2. The van der Waals surface area contributed by atoms with Crippen molar-refractivity contribution < 1.29 is 8.78 Å². The third-order valence-electron chi connectivity index (χ3n) is 7.21.